The standard InChI is InChI=1S/C27H34N8O3S/c1-17(2)24-13-22(8-10-29-24)35-25-23(26(36)34(35)18(3)4)14-30-27(32-25)31-21-7-6-20-15-33(11-9-19(20)12-21)16-39(37,38)28-5/h6-8,10,12-14,17-18,28H,9,11,15-16H2,1-5H3,(H,30,31,32). The van der Waals surface area contributed by atoms with Crippen LogP contribution in [0.25, 0.3) is 16.7 Å². The summed E-state index contributed by atoms with van der Waals surface area (Å²) in [5.41, 5.74) is 5.20. The van der Waals surface area contributed by atoms with Crippen LogP contribution in [0.5, 0.6) is 0 Å². The average molecular weight is 551 g/mol. The normalized spacial score (nSPS) is 14.3. The molecule has 1 aliphatic heterocycles. The van der Waals surface area contributed by atoms with Crippen LogP contribution >= 0.6 is 0 Å². The van der Waals surface area contributed by atoms with Gasteiger partial charge in [0.2, 0.25) is 16.0 Å². The van der Waals surface area contributed by atoms with Gasteiger partial charge < -0.3 is 5.32 Å². The van der Waals surface area contributed by atoms with E-state index in [4.69, 9.17) is 4.98 Å². The van der Waals surface area contributed by atoms with E-state index < -0.39 is 10.0 Å². The topological polar surface area (TPSA) is 127 Å². The van der Waals surface area contributed by atoms with Crippen LogP contribution in [0.2, 0.25) is 0 Å². The van der Waals surface area contributed by atoms with Crippen molar-refractivity contribution in [1.82, 2.24) is 33.9 Å². The Labute approximate surface area is 227 Å². The van der Waals surface area contributed by atoms with Crippen LogP contribution in [-0.4, -0.2) is 57.1 Å². The number of pyridine rings is 1. The molecule has 5 rings (SSSR count). The smallest absolute Gasteiger partial charge is 0.278 e. The van der Waals surface area contributed by atoms with Gasteiger partial charge in [0.25, 0.3) is 5.56 Å². The van der Waals surface area contributed by atoms with Crippen molar-refractivity contribution in [2.45, 2.75) is 52.6 Å². The van der Waals surface area contributed by atoms with Gasteiger partial charge in [0.1, 0.15) is 11.3 Å². The minimum Gasteiger partial charge on any atom is -0.324 e. The van der Waals surface area contributed by atoms with E-state index in [0.717, 1.165) is 34.6 Å². The second-order valence-electron chi connectivity index (χ2n) is 10.4. The number of aromatic nitrogens is 5. The molecule has 0 atom stereocenters. The van der Waals surface area contributed by atoms with Gasteiger partial charge in [-0.05, 0) is 68.6 Å². The molecule has 0 bridgehead atoms. The van der Waals surface area contributed by atoms with Crippen LogP contribution in [0.4, 0.5) is 11.6 Å². The molecule has 0 spiro atoms. The van der Waals surface area contributed by atoms with Gasteiger partial charge in [-0.2, -0.15) is 4.98 Å². The maximum atomic E-state index is 13.3. The summed E-state index contributed by atoms with van der Waals surface area (Å²) in [7, 11) is -1.88. The van der Waals surface area contributed by atoms with Gasteiger partial charge in [-0.1, -0.05) is 19.9 Å². The Morgan fingerprint density at radius 1 is 1.05 bits per heavy atom. The molecule has 39 heavy (non-hydrogen) atoms. The highest BCUT2D eigenvalue weighted by Crippen LogP contribution is 2.26. The van der Waals surface area contributed by atoms with Crippen molar-refractivity contribution in [3.05, 3.63) is 69.9 Å². The first-order valence-corrected chi connectivity index (χ1v) is 14.7. The molecule has 12 heteroatoms. The van der Waals surface area contributed by atoms with Gasteiger partial charge in [0, 0.05) is 42.9 Å². The van der Waals surface area contributed by atoms with Gasteiger partial charge in [0.05, 0.1) is 5.69 Å². The molecule has 0 saturated heterocycles. The number of nitrogens with one attached hydrogen (secondary N) is 2. The molecule has 0 unspecified atom stereocenters. The zero-order valence-corrected chi connectivity index (χ0v) is 23.7. The van der Waals surface area contributed by atoms with Gasteiger partial charge in [-0.3, -0.25) is 14.7 Å². The van der Waals surface area contributed by atoms with Crippen LogP contribution in [0, 0.1) is 0 Å². The Balaban J connectivity index is 1.48. The minimum atomic E-state index is -3.31. The molecule has 11 nitrogen and oxygen atoms in total. The van der Waals surface area contributed by atoms with Crippen molar-refractivity contribution in [1.29, 1.82) is 0 Å². The first kappa shape index (κ1) is 27.0. The fourth-order valence-electron chi connectivity index (χ4n) is 4.89. The number of hydrogen-bond acceptors (Lipinski definition) is 8. The third-order valence-electron chi connectivity index (χ3n) is 6.93. The maximum absolute atomic E-state index is 13.3. The van der Waals surface area contributed by atoms with Crippen LogP contribution in [-0.2, 0) is 23.0 Å². The number of hydrogen-bond donors (Lipinski definition) is 2. The molecule has 0 amide bonds. The van der Waals surface area contributed by atoms with Gasteiger partial charge in [0.15, 0.2) is 5.65 Å². The van der Waals surface area contributed by atoms with E-state index in [1.807, 2.05) is 47.7 Å². The molecule has 4 heterocycles. The second kappa shape index (κ2) is 10.5. The Morgan fingerprint density at radius 3 is 2.56 bits per heavy atom. The second-order valence-corrected chi connectivity index (χ2v) is 12.3. The zero-order chi connectivity index (χ0) is 27.9. The number of anilines is 2. The molecule has 2 N–H and O–H groups in total. The number of benzene rings is 1. The van der Waals surface area contributed by atoms with Gasteiger partial charge in [-0.15, -0.1) is 0 Å². The Hall–Kier alpha value is -3.61. The lowest BCUT2D eigenvalue weighted by molar-refractivity contribution is 0.292. The molecule has 0 aliphatic carbocycles. The van der Waals surface area contributed by atoms with Crippen molar-refractivity contribution in [3.63, 3.8) is 0 Å². The highest BCUT2D eigenvalue weighted by atomic mass is 32.2. The van der Waals surface area contributed by atoms with Gasteiger partial charge >= 0.3 is 0 Å². The molecule has 0 fully saturated rings. The van der Waals surface area contributed by atoms with Crippen molar-refractivity contribution in [3.8, 4) is 5.69 Å². The van der Waals surface area contributed by atoms with E-state index in [-0.39, 0.29) is 23.4 Å². The van der Waals surface area contributed by atoms with E-state index in [2.05, 4.69) is 39.9 Å². The molecular weight excluding hydrogens is 516 g/mol. The summed E-state index contributed by atoms with van der Waals surface area (Å²) in [5, 5.41) is 3.74. The lowest BCUT2D eigenvalue weighted by Crippen LogP contribution is -2.38. The fourth-order valence-corrected chi connectivity index (χ4v) is 5.72. The Kier molecular flexibility index (Phi) is 7.27. The number of fused-ring (bicyclic) bond motifs is 2. The summed E-state index contributed by atoms with van der Waals surface area (Å²) in [6.07, 6.45) is 4.07. The van der Waals surface area contributed by atoms with E-state index in [0.29, 0.717) is 30.1 Å². The van der Waals surface area contributed by atoms with Crippen LogP contribution in [0.15, 0.2) is 47.5 Å². The first-order chi connectivity index (χ1) is 18.6. The fraction of sp³-hybridized carbons (Fsp3) is 0.407. The summed E-state index contributed by atoms with van der Waals surface area (Å²) >= 11 is 0. The molecule has 206 valence electrons. The summed E-state index contributed by atoms with van der Waals surface area (Å²) in [4.78, 5) is 28.9. The quantitative estimate of drug-likeness (QED) is 0.342. The number of sulfonamides is 1. The van der Waals surface area contributed by atoms with Gasteiger partial charge in [-0.25, -0.2) is 27.5 Å². The highest BCUT2D eigenvalue weighted by molar-refractivity contribution is 7.89. The van der Waals surface area contributed by atoms with Crippen molar-refractivity contribution < 1.29 is 8.42 Å². The van der Waals surface area contributed by atoms with Crippen LogP contribution in [0.3, 0.4) is 0 Å². The average Bonchev–Trinajstić information content (AvgIpc) is 3.20. The summed E-state index contributed by atoms with van der Waals surface area (Å²) in [6, 6.07) is 9.77. The highest BCUT2D eigenvalue weighted by Gasteiger charge is 2.22. The maximum Gasteiger partial charge on any atom is 0.278 e. The molecule has 1 aliphatic rings. The number of nitrogens with zero attached hydrogens (tertiary/aromatic N) is 6. The Morgan fingerprint density at radius 2 is 1.85 bits per heavy atom. The SMILES string of the molecule is CNS(=O)(=O)CN1CCc2cc(Nc3ncc4c(=O)n(C(C)C)n(-c5ccnc(C(C)C)c5)c4n3)ccc2C1. The van der Waals surface area contributed by atoms with Crippen molar-refractivity contribution >= 4 is 32.7 Å². The lowest BCUT2D eigenvalue weighted by atomic mass is 9.99. The van der Waals surface area contributed by atoms with E-state index >= 15 is 0 Å². The van der Waals surface area contributed by atoms with E-state index in [1.165, 1.54) is 7.05 Å². The molecule has 1 aromatic carbocycles. The third kappa shape index (κ3) is 5.45. The van der Waals surface area contributed by atoms with Crippen LogP contribution in [0.1, 0.15) is 56.5 Å². The first-order valence-electron chi connectivity index (χ1n) is 13.1. The van der Waals surface area contributed by atoms with Crippen molar-refractivity contribution in [2.24, 2.45) is 0 Å². The lowest BCUT2D eigenvalue weighted by Gasteiger charge is -2.28. The van der Waals surface area contributed by atoms with E-state index in [9.17, 15) is 13.2 Å². The molecule has 4 aromatic rings. The Bertz CT molecular complexity index is 1690. The number of rotatable bonds is 8. The zero-order valence-electron chi connectivity index (χ0n) is 22.8. The predicted molar refractivity (Wildman–Crippen MR) is 152 cm³/mol. The third-order valence-corrected chi connectivity index (χ3v) is 8.26. The molecular formula is C27H34N8O3S. The molecule has 0 radical (unpaired) electrons. The van der Waals surface area contributed by atoms with Crippen LogP contribution < -0.4 is 15.6 Å². The monoisotopic (exact) mass is 550 g/mol. The summed E-state index contributed by atoms with van der Waals surface area (Å²) in [5.74, 6) is 0.597. The van der Waals surface area contributed by atoms with E-state index in [1.54, 1.807) is 17.1 Å². The molecule has 3 aromatic heterocycles. The largest absolute Gasteiger partial charge is 0.324 e. The van der Waals surface area contributed by atoms with Crippen molar-refractivity contribution in [2.75, 3.05) is 24.8 Å². The summed E-state index contributed by atoms with van der Waals surface area (Å²) < 4.78 is 29.8. The summed E-state index contributed by atoms with van der Waals surface area (Å²) in [6.45, 7) is 9.32. The molecule has 0 saturated carbocycles. The predicted octanol–water partition coefficient (Wildman–Crippen LogP) is 3.29. The minimum absolute atomic E-state index is 0.0232.